The number of nitrogens with zero attached hydrogens (tertiary/aromatic N) is 1. The molecule has 3 atom stereocenters. The molecule has 0 unspecified atom stereocenters. The number of hydrogen-bond acceptors (Lipinski definition) is 3. The van der Waals surface area contributed by atoms with Crippen LogP contribution in [0.4, 0.5) is 0 Å². The topological polar surface area (TPSA) is 52.4 Å². The number of ether oxygens (including phenoxy) is 1. The van der Waals surface area contributed by atoms with Gasteiger partial charge in [0.05, 0.1) is 0 Å². The van der Waals surface area contributed by atoms with Gasteiger partial charge in [-0.15, -0.1) is 0 Å². The van der Waals surface area contributed by atoms with E-state index in [4.69, 9.17) is 4.74 Å². The maximum absolute atomic E-state index is 11.0. The standard InChI is InChI=1S/C9H15NO3/c1-6(2)8-9(10(11)12)5-7(9)3-4-13-8/h6-8H,3-5H2,1-2H3/t7-,8+,9-/m1/s1. The molecule has 0 spiro atoms. The molecule has 0 amide bonds. The number of hydrogen-bond donors (Lipinski definition) is 0. The Labute approximate surface area is 77.4 Å². The fourth-order valence-corrected chi connectivity index (χ4v) is 2.61. The van der Waals surface area contributed by atoms with Crippen LogP contribution in [0.2, 0.25) is 0 Å². The van der Waals surface area contributed by atoms with Gasteiger partial charge < -0.3 is 4.74 Å². The third-order valence-corrected chi connectivity index (χ3v) is 3.32. The van der Waals surface area contributed by atoms with E-state index >= 15 is 0 Å². The normalized spacial score (nSPS) is 43.0. The molecular weight excluding hydrogens is 170 g/mol. The summed E-state index contributed by atoms with van der Waals surface area (Å²) in [4.78, 5) is 10.8. The average molecular weight is 185 g/mol. The molecule has 1 aliphatic carbocycles. The first-order valence-electron chi connectivity index (χ1n) is 4.85. The molecule has 13 heavy (non-hydrogen) atoms. The Hall–Kier alpha value is -0.640. The summed E-state index contributed by atoms with van der Waals surface area (Å²) in [5.74, 6) is 0.527. The van der Waals surface area contributed by atoms with E-state index in [1.165, 1.54) is 0 Å². The summed E-state index contributed by atoms with van der Waals surface area (Å²) < 4.78 is 5.52. The first-order chi connectivity index (χ1) is 6.09. The second-order valence-electron chi connectivity index (χ2n) is 4.47. The maximum atomic E-state index is 11.0. The predicted octanol–water partition coefficient (Wildman–Crippen LogP) is 1.47. The van der Waals surface area contributed by atoms with Crippen molar-refractivity contribution in [1.29, 1.82) is 0 Å². The van der Waals surface area contributed by atoms with Gasteiger partial charge in [-0.3, -0.25) is 10.1 Å². The molecular formula is C9H15NO3. The summed E-state index contributed by atoms with van der Waals surface area (Å²) in [7, 11) is 0. The summed E-state index contributed by atoms with van der Waals surface area (Å²) in [5.41, 5.74) is -0.716. The zero-order chi connectivity index (χ0) is 9.64. The lowest BCUT2D eigenvalue weighted by atomic mass is 9.93. The van der Waals surface area contributed by atoms with Crippen molar-refractivity contribution in [1.82, 2.24) is 0 Å². The first-order valence-corrected chi connectivity index (χ1v) is 4.85. The first kappa shape index (κ1) is 8.94. The van der Waals surface area contributed by atoms with E-state index in [2.05, 4.69) is 0 Å². The molecule has 2 rings (SSSR count). The van der Waals surface area contributed by atoms with Crippen molar-refractivity contribution in [2.24, 2.45) is 11.8 Å². The highest BCUT2D eigenvalue weighted by atomic mass is 16.6. The third-order valence-electron chi connectivity index (χ3n) is 3.32. The summed E-state index contributed by atoms with van der Waals surface area (Å²) >= 11 is 0. The lowest BCUT2D eigenvalue weighted by molar-refractivity contribution is -0.561. The van der Waals surface area contributed by atoms with Gasteiger partial charge in [-0.1, -0.05) is 13.8 Å². The van der Waals surface area contributed by atoms with E-state index in [0.29, 0.717) is 6.61 Å². The summed E-state index contributed by atoms with van der Waals surface area (Å²) in [6, 6.07) is 0. The zero-order valence-electron chi connectivity index (χ0n) is 8.03. The highest BCUT2D eigenvalue weighted by Crippen LogP contribution is 2.55. The summed E-state index contributed by atoms with van der Waals surface area (Å²) in [6.07, 6.45) is 1.42. The minimum atomic E-state index is -0.716. The number of fused-ring (bicyclic) bond motifs is 1. The Bertz CT molecular complexity index is 241. The molecule has 0 aromatic heterocycles. The Balaban J connectivity index is 2.21. The van der Waals surface area contributed by atoms with Gasteiger partial charge in [0.2, 0.25) is 0 Å². The van der Waals surface area contributed by atoms with E-state index in [-0.39, 0.29) is 22.9 Å². The van der Waals surface area contributed by atoms with Crippen LogP contribution in [0.5, 0.6) is 0 Å². The molecule has 0 aromatic carbocycles. The number of nitro groups is 1. The van der Waals surface area contributed by atoms with Gasteiger partial charge in [0.25, 0.3) is 5.54 Å². The smallest absolute Gasteiger partial charge is 0.251 e. The van der Waals surface area contributed by atoms with E-state index in [1.807, 2.05) is 13.8 Å². The third kappa shape index (κ3) is 1.08. The molecule has 0 radical (unpaired) electrons. The second kappa shape index (κ2) is 2.67. The van der Waals surface area contributed by atoms with Crippen LogP contribution in [0.3, 0.4) is 0 Å². The van der Waals surface area contributed by atoms with Crippen molar-refractivity contribution in [3.8, 4) is 0 Å². The van der Waals surface area contributed by atoms with Crippen LogP contribution in [0, 0.1) is 22.0 Å². The van der Waals surface area contributed by atoms with Crippen LogP contribution in [0.15, 0.2) is 0 Å². The molecule has 4 nitrogen and oxygen atoms in total. The van der Waals surface area contributed by atoms with Gasteiger partial charge in [-0.25, -0.2) is 0 Å². The fourth-order valence-electron chi connectivity index (χ4n) is 2.61. The Morgan fingerprint density at radius 2 is 2.31 bits per heavy atom. The highest BCUT2D eigenvalue weighted by molar-refractivity contribution is 5.11. The van der Waals surface area contributed by atoms with Crippen molar-refractivity contribution in [3.63, 3.8) is 0 Å². The minimum Gasteiger partial charge on any atom is -0.370 e. The molecule has 2 aliphatic rings. The lowest BCUT2D eigenvalue weighted by Crippen LogP contribution is -2.46. The van der Waals surface area contributed by atoms with Crippen LogP contribution in [-0.2, 0) is 4.74 Å². The van der Waals surface area contributed by atoms with Crippen LogP contribution in [0.1, 0.15) is 26.7 Å². The van der Waals surface area contributed by atoms with Crippen molar-refractivity contribution in [2.75, 3.05) is 6.61 Å². The largest absolute Gasteiger partial charge is 0.370 e. The van der Waals surface area contributed by atoms with Gasteiger partial charge in [0, 0.05) is 23.9 Å². The highest BCUT2D eigenvalue weighted by Gasteiger charge is 2.72. The molecule has 1 aliphatic heterocycles. The molecule has 2 fully saturated rings. The molecule has 74 valence electrons. The van der Waals surface area contributed by atoms with Gasteiger partial charge >= 0.3 is 0 Å². The lowest BCUT2D eigenvalue weighted by Gasteiger charge is -2.28. The van der Waals surface area contributed by atoms with E-state index < -0.39 is 5.54 Å². The fraction of sp³-hybridized carbons (Fsp3) is 1.00. The second-order valence-corrected chi connectivity index (χ2v) is 4.47. The van der Waals surface area contributed by atoms with Gasteiger partial charge in [0.15, 0.2) is 0 Å². The van der Waals surface area contributed by atoms with Crippen molar-refractivity contribution in [3.05, 3.63) is 10.1 Å². The van der Waals surface area contributed by atoms with Crippen LogP contribution in [0.25, 0.3) is 0 Å². The predicted molar refractivity (Wildman–Crippen MR) is 47.0 cm³/mol. The van der Waals surface area contributed by atoms with E-state index in [9.17, 15) is 10.1 Å². The maximum Gasteiger partial charge on any atom is 0.251 e. The molecule has 0 aromatic rings. The monoisotopic (exact) mass is 185 g/mol. The molecule has 1 heterocycles. The quantitative estimate of drug-likeness (QED) is 0.483. The van der Waals surface area contributed by atoms with Crippen LogP contribution < -0.4 is 0 Å². The van der Waals surface area contributed by atoms with Crippen molar-refractivity contribution < 1.29 is 9.66 Å². The Morgan fingerprint density at radius 3 is 2.77 bits per heavy atom. The Morgan fingerprint density at radius 1 is 1.62 bits per heavy atom. The van der Waals surface area contributed by atoms with Crippen LogP contribution >= 0.6 is 0 Å². The van der Waals surface area contributed by atoms with Gasteiger partial charge in [-0.2, -0.15) is 0 Å². The summed E-state index contributed by atoms with van der Waals surface area (Å²) in [6.45, 7) is 4.69. The Kier molecular flexibility index (Phi) is 1.84. The molecule has 4 heteroatoms. The molecule has 1 saturated carbocycles. The zero-order valence-corrected chi connectivity index (χ0v) is 8.03. The average Bonchev–Trinajstić information content (AvgIpc) is 2.77. The van der Waals surface area contributed by atoms with Crippen molar-refractivity contribution in [2.45, 2.75) is 38.3 Å². The van der Waals surface area contributed by atoms with Gasteiger partial charge in [-0.05, 0) is 12.3 Å². The van der Waals surface area contributed by atoms with E-state index in [1.54, 1.807) is 0 Å². The molecule has 0 N–H and O–H groups in total. The number of rotatable bonds is 2. The van der Waals surface area contributed by atoms with Crippen molar-refractivity contribution >= 4 is 0 Å². The molecule has 1 saturated heterocycles. The summed E-state index contributed by atoms with van der Waals surface area (Å²) in [5, 5.41) is 11.0. The molecule has 0 bridgehead atoms. The van der Waals surface area contributed by atoms with E-state index in [0.717, 1.165) is 12.8 Å². The SMILES string of the molecule is CC(C)[C@@H]1OCC[C@@H]2C[C@@]21[N+](=O)[O-]. The van der Waals surface area contributed by atoms with Crippen LogP contribution in [-0.4, -0.2) is 23.2 Å². The minimum absolute atomic E-state index is 0.110. The van der Waals surface area contributed by atoms with Gasteiger partial charge in [0.1, 0.15) is 6.10 Å².